The summed E-state index contributed by atoms with van der Waals surface area (Å²) in [5.74, 6) is 0.0764. The molecule has 0 radical (unpaired) electrons. The number of rotatable bonds is 5. The molecule has 2 heterocycles. The molecule has 6 heteroatoms. The van der Waals surface area contributed by atoms with Crippen molar-refractivity contribution in [3.63, 3.8) is 0 Å². The molecule has 0 aliphatic rings. The van der Waals surface area contributed by atoms with Gasteiger partial charge in [0.15, 0.2) is 5.69 Å². The summed E-state index contributed by atoms with van der Waals surface area (Å²) in [5.41, 5.74) is 6.54. The number of carbonyl (C=O) groups is 1. The molecule has 0 aliphatic heterocycles. The lowest BCUT2D eigenvalue weighted by atomic mass is 10.2. The van der Waals surface area contributed by atoms with Gasteiger partial charge in [-0.2, -0.15) is 11.3 Å². The highest BCUT2D eigenvalue weighted by molar-refractivity contribution is 7.07. The van der Waals surface area contributed by atoms with E-state index in [1.807, 2.05) is 0 Å². The standard InChI is InChI=1S/C11H12N4OS/c12-11(16)9-1-2-10(15-14-9)13-5-3-8-4-6-17-7-8/h1-2,4,6-7H,3,5H2,(H2,12,16)(H,13,15). The van der Waals surface area contributed by atoms with Gasteiger partial charge in [0.1, 0.15) is 5.82 Å². The number of nitrogens with two attached hydrogens (primary N) is 1. The maximum Gasteiger partial charge on any atom is 0.269 e. The number of primary amides is 1. The molecule has 0 saturated heterocycles. The van der Waals surface area contributed by atoms with E-state index < -0.39 is 5.91 Å². The predicted molar refractivity (Wildman–Crippen MR) is 67.1 cm³/mol. The second-order valence-corrected chi connectivity index (χ2v) is 4.26. The van der Waals surface area contributed by atoms with Gasteiger partial charge in [-0.15, -0.1) is 10.2 Å². The van der Waals surface area contributed by atoms with Crippen molar-refractivity contribution in [3.05, 3.63) is 40.2 Å². The molecule has 0 unspecified atom stereocenters. The van der Waals surface area contributed by atoms with Crippen LogP contribution >= 0.6 is 11.3 Å². The largest absolute Gasteiger partial charge is 0.368 e. The van der Waals surface area contributed by atoms with E-state index in [1.54, 1.807) is 23.5 Å². The third kappa shape index (κ3) is 3.25. The summed E-state index contributed by atoms with van der Waals surface area (Å²) < 4.78 is 0. The number of hydrogen-bond acceptors (Lipinski definition) is 5. The Bertz CT molecular complexity index is 481. The van der Waals surface area contributed by atoms with Gasteiger partial charge in [0.2, 0.25) is 0 Å². The fourth-order valence-corrected chi connectivity index (χ4v) is 2.03. The van der Waals surface area contributed by atoms with E-state index >= 15 is 0 Å². The van der Waals surface area contributed by atoms with Gasteiger partial charge in [0.05, 0.1) is 0 Å². The minimum atomic E-state index is -0.567. The Kier molecular flexibility index (Phi) is 3.66. The fourth-order valence-electron chi connectivity index (χ4n) is 1.33. The van der Waals surface area contributed by atoms with Crippen molar-refractivity contribution in [2.75, 3.05) is 11.9 Å². The lowest BCUT2D eigenvalue weighted by Crippen LogP contribution is -2.14. The van der Waals surface area contributed by atoms with Gasteiger partial charge in [-0.25, -0.2) is 0 Å². The molecule has 3 N–H and O–H groups in total. The van der Waals surface area contributed by atoms with Crippen LogP contribution in [0.3, 0.4) is 0 Å². The second-order valence-electron chi connectivity index (χ2n) is 3.48. The Morgan fingerprint density at radius 2 is 2.24 bits per heavy atom. The number of nitrogens with one attached hydrogen (secondary N) is 1. The van der Waals surface area contributed by atoms with Crippen LogP contribution in [0, 0.1) is 0 Å². The van der Waals surface area contributed by atoms with Crippen LogP contribution in [0.5, 0.6) is 0 Å². The molecule has 2 aromatic rings. The smallest absolute Gasteiger partial charge is 0.269 e. The van der Waals surface area contributed by atoms with Crippen molar-refractivity contribution in [3.8, 4) is 0 Å². The van der Waals surface area contributed by atoms with E-state index in [0.717, 1.165) is 13.0 Å². The van der Waals surface area contributed by atoms with Gasteiger partial charge < -0.3 is 11.1 Å². The third-order valence-corrected chi connectivity index (χ3v) is 2.95. The first-order valence-electron chi connectivity index (χ1n) is 5.14. The molecule has 1 amide bonds. The summed E-state index contributed by atoms with van der Waals surface area (Å²) in [6.45, 7) is 0.779. The highest BCUT2D eigenvalue weighted by atomic mass is 32.1. The van der Waals surface area contributed by atoms with Crippen molar-refractivity contribution < 1.29 is 4.79 Å². The zero-order valence-corrected chi connectivity index (χ0v) is 9.91. The first-order valence-corrected chi connectivity index (χ1v) is 6.08. The lowest BCUT2D eigenvalue weighted by Gasteiger charge is -2.03. The normalized spacial score (nSPS) is 10.1. The fraction of sp³-hybridized carbons (Fsp3) is 0.182. The quantitative estimate of drug-likeness (QED) is 0.835. The van der Waals surface area contributed by atoms with E-state index in [2.05, 4.69) is 32.3 Å². The molecule has 0 spiro atoms. The van der Waals surface area contributed by atoms with Crippen LogP contribution in [-0.2, 0) is 6.42 Å². The Morgan fingerprint density at radius 3 is 2.82 bits per heavy atom. The van der Waals surface area contributed by atoms with E-state index in [9.17, 15) is 4.79 Å². The van der Waals surface area contributed by atoms with Gasteiger partial charge in [-0.3, -0.25) is 4.79 Å². The van der Waals surface area contributed by atoms with Crippen molar-refractivity contribution >= 4 is 23.1 Å². The average Bonchev–Trinajstić information content (AvgIpc) is 2.83. The maximum absolute atomic E-state index is 10.8. The minimum absolute atomic E-state index is 0.174. The molecule has 0 aliphatic carbocycles. The number of thiophene rings is 1. The molecule has 0 fully saturated rings. The van der Waals surface area contributed by atoms with E-state index in [-0.39, 0.29) is 5.69 Å². The zero-order chi connectivity index (χ0) is 12.1. The highest BCUT2D eigenvalue weighted by Crippen LogP contribution is 2.07. The Hall–Kier alpha value is -1.95. The van der Waals surface area contributed by atoms with E-state index in [1.165, 1.54) is 5.56 Å². The summed E-state index contributed by atoms with van der Waals surface area (Å²) in [6, 6.07) is 5.34. The molecule has 0 atom stereocenters. The van der Waals surface area contributed by atoms with Crippen molar-refractivity contribution in [2.24, 2.45) is 5.73 Å². The first kappa shape index (κ1) is 11.5. The lowest BCUT2D eigenvalue weighted by molar-refractivity contribution is 0.0994. The SMILES string of the molecule is NC(=O)c1ccc(NCCc2ccsc2)nn1. The monoisotopic (exact) mass is 248 g/mol. The molecular formula is C11H12N4OS. The second kappa shape index (κ2) is 5.40. The molecule has 0 aromatic carbocycles. The van der Waals surface area contributed by atoms with Crippen molar-refractivity contribution in [1.29, 1.82) is 0 Å². The van der Waals surface area contributed by atoms with Crippen LogP contribution in [0.15, 0.2) is 29.0 Å². The molecule has 0 saturated carbocycles. The van der Waals surface area contributed by atoms with Crippen molar-refractivity contribution in [1.82, 2.24) is 10.2 Å². The zero-order valence-electron chi connectivity index (χ0n) is 9.09. The van der Waals surface area contributed by atoms with Crippen LogP contribution in [0.2, 0.25) is 0 Å². The first-order chi connectivity index (χ1) is 8.25. The molecule has 17 heavy (non-hydrogen) atoms. The molecule has 2 aromatic heterocycles. The maximum atomic E-state index is 10.8. The Balaban J connectivity index is 1.85. The van der Waals surface area contributed by atoms with Gasteiger partial charge >= 0.3 is 0 Å². The molecule has 0 bridgehead atoms. The number of carbonyl (C=O) groups excluding carboxylic acids is 1. The van der Waals surface area contributed by atoms with Gasteiger partial charge in [-0.1, -0.05) is 0 Å². The van der Waals surface area contributed by atoms with Crippen molar-refractivity contribution in [2.45, 2.75) is 6.42 Å². The van der Waals surface area contributed by atoms with Gasteiger partial charge in [-0.05, 0) is 40.9 Å². The van der Waals surface area contributed by atoms with Crippen LogP contribution in [0.25, 0.3) is 0 Å². The number of nitrogens with zero attached hydrogens (tertiary/aromatic N) is 2. The van der Waals surface area contributed by atoms with Gasteiger partial charge in [0, 0.05) is 6.54 Å². The minimum Gasteiger partial charge on any atom is -0.368 e. The summed E-state index contributed by atoms with van der Waals surface area (Å²) in [7, 11) is 0. The third-order valence-electron chi connectivity index (χ3n) is 2.22. The molecule has 2 rings (SSSR count). The summed E-state index contributed by atoms with van der Waals surface area (Å²) in [6.07, 6.45) is 0.933. The number of anilines is 1. The molecule has 88 valence electrons. The summed E-state index contributed by atoms with van der Waals surface area (Å²) >= 11 is 1.68. The molecular weight excluding hydrogens is 236 g/mol. The Labute approximate surface area is 103 Å². The van der Waals surface area contributed by atoms with Crippen LogP contribution in [0.4, 0.5) is 5.82 Å². The summed E-state index contributed by atoms with van der Waals surface area (Å²) in [4.78, 5) is 10.8. The number of hydrogen-bond donors (Lipinski definition) is 2. The number of aromatic nitrogens is 2. The Morgan fingerprint density at radius 1 is 1.35 bits per heavy atom. The topological polar surface area (TPSA) is 80.9 Å². The van der Waals surface area contributed by atoms with Crippen LogP contribution < -0.4 is 11.1 Å². The van der Waals surface area contributed by atoms with Crippen LogP contribution in [-0.4, -0.2) is 22.6 Å². The predicted octanol–water partition coefficient (Wildman–Crippen LogP) is 1.29. The van der Waals surface area contributed by atoms with E-state index in [4.69, 9.17) is 5.73 Å². The van der Waals surface area contributed by atoms with Gasteiger partial charge in [0.25, 0.3) is 5.91 Å². The highest BCUT2D eigenvalue weighted by Gasteiger charge is 2.02. The summed E-state index contributed by atoms with van der Waals surface area (Å²) in [5, 5.41) is 14.9. The molecule has 5 nitrogen and oxygen atoms in total. The van der Waals surface area contributed by atoms with Crippen LogP contribution in [0.1, 0.15) is 16.1 Å². The van der Waals surface area contributed by atoms with E-state index in [0.29, 0.717) is 5.82 Å². The number of amides is 1. The average molecular weight is 248 g/mol.